The number of aromatic nitrogens is 1. The number of nitrogens with two attached hydrogens (primary N) is 1. The molecule has 3 N–H and O–H groups in total. The highest BCUT2D eigenvalue weighted by molar-refractivity contribution is 7.18. The molecule has 0 saturated heterocycles. The molecule has 0 bridgehead atoms. The van der Waals surface area contributed by atoms with Crippen LogP contribution in [0.4, 0.5) is 0 Å². The number of unbranched alkanes of at least 4 members (excludes halogenated alkanes) is 1. The van der Waals surface area contributed by atoms with Gasteiger partial charge in [-0.15, -0.1) is 36.2 Å². The number of amides is 1. The Morgan fingerprint density at radius 3 is 2.80 bits per heavy atom. The summed E-state index contributed by atoms with van der Waals surface area (Å²) < 4.78 is 1.24. The zero-order valence-electron chi connectivity index (χ0n) is 14.3. The van der Waals surface area contributed by atoms with Crippen LogP contribution in [-0.4, -0.2) is 23.5 Å². The monoisotopic (exact) mass is 403 g/mol. The Bertz CT molecular complexity index is 632. The molecule has 140 valence electrons. The van der Waals surface area contributed by atoms with Crippen molar-refractivity contribution in [3.05, 3.63) is 29.3 Å². The maximum absolute atomic E-state index is 12.0. The van der Waals surface area contributed by atoms with E-state index in [4.69, 9.17) is 5.73 Å². The minimum atomic E-state index is 0. The van der Waals surface area contributed by atoms with Gasteiger partial charge in [-0.3, -0.25) is 4.79 Å². The second-order valence-corrected chi connectivity index (χ2v) is 7.50. The van der Waals surface area contributed by atoms with Crippen LogP contribution in [0.1, 0.15) is 43.5 Å². The fraction of sp³-hybridized carbons (Fsp3) is 0.556. The van der Waals surface area contributed by atoms with E-state index in [2.05, 4.69) is 22.4 Å². The third-order valence-electron chi connectivity index (χ3n) is 4.69. The number of hydrogen-bond donors (Lipinski definition) is 2. The number of aryl methyl sites for hydroxylation is 1. The van der Waals surface area contributed by atoms with Crippen molar-refractivity contribution in [3.63, 3.8) is 0 Å². The van der Waals surface area contributed by atoms with Crippen LogP contribution in [0.15, 0.2) is 24.3 Å². The van der Waals surface area contributed by atoms with Crippen LogP contribution in [0.3, 0.4) is 0 Å². The number of benzene rings is 1. The molecule has 1 aromatic heterocycles. The first-order chi connectivity index (χ1) is 11.3. The third-order valence-corrected chi connectivity index (χ3v) is 5.79. The average molecular weight is 404 g/mol. The summed E-state index contributed by atoms with van der Waals surface area (Å²) in [5.74, 6) is 0.654. The fourth-order valence-electron chi connectivity index (χ4n) is 3.38. The Labute approximate surface area is 165 Å². The van der Waals surface area contributed by atoms with Crippen molar-refractivity contribution in [1.82, 2.24) is 10.3 Å². The topological polar surface area (TPSA) is 68.0 Å². The maximum atomic E-state index is 12.0. The molecule has 0 aliphatic heterocycles. The number of thiazole rings is 1. The van der Waals surface area contributed by atoms with Gasteiger partial charge in [0.15, 0.2) is 0 Å². The molecule has 1 aromatic carbocycles. The molecule has 1 amide bonds. The highest BCUT2D eigenvalue weighted by Gasteiger charge is 2.26. The molecule has 2 unspecified atom stereocenters. The zero-order chi connectivity index (χ0) is 16.1. The molecule has 3 rings (SSSR count). The van der Waals surface area contributed by atoms with Crippen LogP contribution in [0.5, 0.6) is 0 Å². The Morgan fingerprint density at radius 1 is 1.24 bits per heavy atom. The summed E-state index contributed by atoms with van der Waals surface area (Å²) in [6.07, 6.45) is 6.92. The van der Waals surface area contributed by atoms with E-state index in [1.807, 2.05) is 12.1 Å². The molecule has 2 atom stereocenters. The second kappa shape index (κ2) is 11.0. The maximum Gasteiger partial charge on any atom is 0.220 e. The fourth-order valence-corrected chi connectivity index (χ4v) is 4.39. The number of fused-ring (bicyclic) bond motifs is 1. The summed E-state index contributed by atoms with van der Waals surface area (Å²) in [4.78, 5) is 16.7. The molecular weight excluding hydrogens is 377 g/mol. The van der Waals surface area contributed by atoms with Crippen molar-refractivity contribution in [2.45, 2.75) is 51.0 Å². The summed E-state index contributed by atoms with van der Waals surface area (Å²) in [6, 6.07) is 8.54. The van der Waals surface area contributed by atoms with Gasteiger partial charge < -0.3 is 11.1 Å². The summed E-state index contributed by atoms with van der Waals surface area (Å²) in [5.41, 5.74) is 6.84. The van der Waals surface area contributed by atoms with Crippen LogP contribution in [-0.2, 0) is 11.2 Å². The highest BCUT2D eigenvalue weighted by atomic mass is 35.5. The van der Waals surface area contributed by atoms with Gasteiger partial charge in [-0.05, 0) is 56.7 Å². The Morgan fingerprint density at radius 2 is 2.04 bits per heavy atom. The third kappa shape index (κ3) is 6.10. The Balaban J connectivity index is 0.00000156. The lowest BCUT2D eigenvalue weighted by Crippen LogP contribution is -2.39. The predicted octanol–water partition coefficient (Wildman–Crippen LogP) is 4.10. The lowest BCUT2D eigenvalue weighted by Gasteiger charge is -2.19. The lowest BCUT2D eigenvalue weighted by molar-refractivity contribution is -0.122. The van der Waals surface area contributed by atoms with E-state index in [0.717, 1.165) is 37.6 Å². The first kappa shape index (κ1) is 22.2. The lowest BCUT2D eigenvalue weighted by atomic mass is 10.0. The van der Waals surface area contributed by atoms with E-state index >= 15 is 0 Å². The van der Waals surface area contributed by atoms with Gasteiger partial charge in [-0.1, -0.05) is 18.6 Å². The first-order valence-electron chi connectivity index (χ1n) is 8.60. The molecule has 25 heavy (non-hydrogen) atoms. The molecule has 1 aliphatic carbocycles. The van der Waals surface area contributed by atoms with Gasteiger partial charge in [0.1, 0.15) is 0 Å². The normalized spacial score (nSPS) is 19.2. The molecule has 2 aromatic rings. The van der Waals surface area contributed by atoms with Gasteiger partial charge in [0.05, 0.1) is 15.2 Å². The van der Waals surface area contributed by atoms with Gasteiger partial charge in [-0.25, -0.2) is 4.98 Å². The summed E-state index contributed by atoms with van der Waals surface area (Å²) >= 11 is 1.76. The summed E-state index contributed by atoms with van der Waals surface area (Å²) in [7, 11) is 0. The largest absolute Gasteiger partial charge is 0.353 e. The van der Waals surface area contributed by atoms with Crippen molar-refractivity contribution in [1.29, 1.82) is 0 Å². The number of nitrogens with zero attached hydrogens (tertiary/aromatic N) is 1. The molecule has 1 fully saturated rings. The molecule has 1 heterocycles. The smallest absolute Gasteiger partial charge is 0.220 e. The highest BCUT2D eigenvalue weighted by Crippen LogP contribution is 2.25. The van der Waals surface area contributed by atoms with Crippen LogP contribution in [0.25, 0.3) is 10.2 Å². The number of carbonyl (C=O) groups is 1. The van der Waals surface area contributed by atoms with Crippen molar-refractivity contribution in [2.75, 3.05) is 6.54 Å². The van der Waals surface area contributed by atoms with Crippen molar-refractivity contribution >= 4 is 52.3 Å². The van der Waals surface area contributed by atoms with Crippen molar-refractivity contribution < 1.29 is 4.79 Å². The van der Waals surface area contributed by atoms with Crippen molar-refractivity contribution in [2.24, 2.45) is 11.7 Å². The minimum absolute atomic E-state index is 0. The zero-order valence-corrected chi connectivity index (χ0v) is 16.7. The minimum Gasteiger partial charge on any atom is -0.353 e. The van der Waals surface area contributed by atoms with E-state index in [1.165, 1.54) is 16.1 Å². The average Bonchev–Trinajstić information content (AvgIpc) is 3.17. The number of para-hydroxylation sites is 1. The van der Waals surface area contributed by atoms with E-state index < -0.39 is 0 Å². The SMILES string of the molecule is Cl.Cl.NCC1CCCC1NC(=O)CCCCc1nc2ccccc2s1. The van der Waals surface area contributed by atoms with Gasteiger partial charge in [-0.2, -0.15) is 0 Å². The van der Waals surface area contributed by atoms with Crippen LogP contribution < -0.4 is 11.1 Å². The van der Waals surface area contributed by atoms with E-state index in [9.17, 15) is 4.79 Å². The first-order valence-corrected chi connectivity index (χ1v) is 9.42. The Hall–Kier alpha value is -0.880. The van der Waals surface area contributed by atoms with Gasteiger partial charge in [0.25, 0.3) is 0 Å². The molecule has 1 saturated carbocycles. The van der Waals surface area contributed by atoms with E-state index in [0.29, 0.717) is 24.9 Å². The Kier molecular flexibility index (Phi) is 9.72. The van der Waals surface area contributed by atoms with Gasteiger partial charge >= 0.3 is 0 Å². The molecule has 7 heteroatoms. The summed E-state index contributed by atoms with van der Waals surface area (Å²) in [6.45, 7) is 0.683. The molecule has 1 aliphatic rings. The molecular formula is C18H27Cl2N3OS. The molecule has 0 radical (unpaired) electrons. The van der Waals surface area contributed by atoms with Crippen LogP contribution in [0.2, 0.25) is 0 Å². The van der Waals surface area contributed by atoms with E-state index in [1.54, 1.807) is 11.3 Å². The number of carbonyl (C=O) groups excluding carboxylic acids is 1. The standard InChI is InChI=1S/C18H25N3OS.2ClH/c19-12-13-6-5-8-14(13)20-17(22)10-3-4-11-18-21-15-7-1-2-9-16(15)23-18;;/h1-2,7,9,13-14H,3-6,8,10-12,19H2,(H,20,22);2*1H. The second-order valence-electron chi connectivity index (χ2n) is 6.38. The van der Waals surface area contributed by atoms with Gasteiger partial charge in [0, 0.05) is 12.5 Å². The van der Waals surface area contributed by atoms with E-state index in [-0.39, 0.29) is 30.7 Å². The van der Waals surface area contributed by atoms with Gasteiger partial charge in [0.2, 0.25) is 5.91 Å². The van der Waals surface area contributed by atoms with Crippen molar-refractivity contribution in [3.8, 4) is 0 Å². The number of hydrogen-bond acceptors (Lipinski definition) is 4. The number of nitrogens with one attached hydrogen (secondary N) is 1. The quantitative estimate of drug-likeness (QED) is 0.683. The number of rotatable bonds is 7. The van der Waals surface area contributed by atoms with Crippen LogP contribution in [0, 0.1) is 5.92 Å². The predicted molar refractivity (Wildman–Crippen MR) is 110 cm³/mol. The van der Waals surface area contributed by atoms with Crippen LogP contribution >= 0.6 is 36.2 Å². The molecule has 0 spiro atoms. The molecule has 4 nitrogen and oxygen atoms in total. The number of halogens is 2. The summed E-state index contributed by atoms with van der Waals surface area (Å²) in [5, 5.41) is 4.34.